The van der Waals surface area contributed by atoms with Crippen molar-refractivity contribution in [2.24, 2.45) is 0 Å². The summed E-state index contributed by atoms with van der Waals surface area (Å²) in [6.07, 6.45) is 1.94. The fourth-order valence-corrected chi connectivity index (χ4v) is 5.73. The number of halogens is 2. The summed E-state index contributed by atoms with van der Waals surface area (Å²) in [5.74, 6) is 0.302. The molecule has 0 saturated heterocycles. The van der Waals surface area contributed by atoms with E-state index in [1.54, 1.807) is 28.0 Å². The van der Waals surface area contributed by atoms with Gasteiger partial charge in [0, 0.05) is 15.7 Å². The van der Waals surface area contributed by atoms with Gasteiger partial charge in [-0.1, -0.05) is 48.8 Å². The van der Waals surface area contributed by atoms with Crippen molar-refractivity contribution in [3.8, 4) is 5.69 Å². The Kier molecular flexibility index (Phi) is 6.27. The molecule has 2 heterocycles. The minimum atomic E-state index is -0.340. The van der Waals surface area contributed by atoms with E-state index in [2.05, 4.69) is 6.92 Å². The van der Waals surface area contributed by atoms with Crippen molar-refractivity contribution in [2.45, 2.75) is 37.6 Å². The highest BCUT2D eigenvalue weighted by molar-refractivity contribution is 7.98. The van der Waals surface area contributed by atoms with Crippen molar-refractivity contribution >= 4 is 44.9 Å². The molecule has 154 valence electrons. The molecule has 7 heteroatoms. The van der Waals surface area contributed by atoms with Gasteiger partial charge >= 0.3 is 0 Å². The van der Waals surface area contributed by atoms with Gasteiger partial charge in [-0.25, -0.2) is 9.37 Å². The van der Waals surface area contributed by atoms with Crippen LogP contribution in [0.2, 0.25) is 5.02 Å². The van der Waals surface area contributed by atoms with Crippen LogP contribution < -0.4 is 5.56 Å². The van der Waals surface area contributed by atoms with Crippen molar-refractivity contribution < 1.29 is 4.39 Å². The highest BCUT2D eigenvalue weighted by Crippen LogP contribution is 2.32. The third-order valence-electron chi connectivity index (χ3n) is 4.88. The number of thiophene rings is 1. The second-order valence-corrected chi connectivity index (χ2v) is 9.47. The number of aromatic nitrogens is 2. The van der Waals surface area contributed by atoms with Gasteiger partial charge in [-0.3, -0.25) is 9.36 Å². The van der Waals surface area contributed by atoms with Crippen molar-refractivity contribution in [3.63, 3.8) is 0 Å². The molecule has 0 fully saturated rings. The zero-order chi connectivity index (χ0) is 21.3. The highest BCUT2D eigenvalue weighted by atomic mass is 35.5. The van der Waals surface area contributed by atoms with E-state index in [0.717, 1.165) is 28.8 Å². The maximum Gasteiger partial charge on any atom is 0.267 e. The van der Waals surface area contributed by atoms with Crippen molar-refractivity contribution in [1.82, 2.24) is 9.55 Å². The SMILES string of the molecule is CCCc1sc2nc(SCc3ccc(Cl)cc3)n(-c3ccc(F)cc3)c(=O)c2c1C. The van der Waals surface area contributed by atoms with E-state index >= 15 is 0 Å². The number of hydrogen-bond donors (Lipinski definition) is 0. The molecule has 0 bridgehead atoms. The number of thioether (sulfide) groups is 1. The minimum absolute atomic E-state index is 0.110. The number of hydrogen-bond acceptors (Lipinski definition) is 4. The van der Waals surface area contributed by atoms with E-state index in [9.17, 15) is 9.18 Å². The summed E-state index contributed by atoms with van der Waals surface area (Å²) in [5, 5.41) is 1.94. The number of benzene rings is 2. The van der Waals surface area contributed by atoms with Gasteiger partial charge in [-0.2, -0.15) is 0 Å². The van der Waals surface area contributed by atoms with Crippen molar-refractivity contribution in [3.05, 3.63) is 85.7 Å². The molecule has 0 atom stereocenters. The van der Waals surface area contributed by atoms with Crippen LogP contribution in [-0.2, 0) is 12.2 Å². The summed E-state index contributed by atoms with van der Waals surface area (Å²) in [4.78, 5) is 20.3. The summed E-state index contributed by atoms with van der Waals surface area (Å²) in [7, 11) is 0. The normalized spacial score (nSPS) is 11.3. The van der Waals surface area contributed by atoms with Crippen LogP contribution in [0.1, 0.15) is 29.3 Å². The Hall–Kier alpha value is -2.15. The molecule has 0 spiro atoms. The Morgan fingerprint density at radius 3 is 2.50 bits per heavy atom. The van der Waals surface area contributed by atoms with Gasteiger partial charge in [-0.05, 0) is 60.9 Å². The molecule has 30 heavy (non-hydrogen) atoms. The smallest absolute Gasteiger partial charge is 0.267 e. The molecule has 4 aromatic rings. The Morgan fingerprint density at radius 2 is 1.83 bits per heavy atom. The minimum Gasteiger partial charge on any atom is -0.268 e. The van der Waals surface area contributed by atoms with Gasteiger partial charge in [-0.15, -0.1) is 11.3 Å². The molecule has 3 nitrogen and oxygen atoms in total. The Bertz CT molecular complexity index is 1250. The van der Waals surface area contributed by atoms with Crippen LogP contribution in [0.25, 0.3) is 15.9 Å². The molecule has 0 radical (unpaired) electrons. The summed E-state index contributed by atoms with van der Waals surface area (Å²) in [5.41, 5.74) is 2.58. The summed E-state index contributed by atoms with van der Waals surface area (Å²) in [6, 6.07) is 13.6. The molecule has 0 aliphatic rings. The lowest BCUT2D eigenvalue weighted by atomic mass is 10.1. The first-order valence-electron chi connectivity index (χ1n) is 9.66. The molecule has 0 aliphatic carbocycles. The molecule has 4 rings (SSSR count). The zero-order valence-electron chi connectivity index (χ0n) is 16.6. The van der Waals surface area contributed by atoms with Crippen molar-refractivity contribution in [2.75, 3.05) is 0 Å². The molecule has 2 aromatic carbocycles. The predicted molar refractivity (Wildman–Crippen MR) is 125 cm³/mol. The van der Waals surface area contributed by atoms with Crippen LogP contribution in [0.3, 0.4) is 0 Å². The van der Waals surface area contributed by atoms with Gasteiger partial charge in [0.25, 0.3) is 5.56 Å². The lowest BCUT2D eigenvalue weighted by Crippen LogP contribution is -2.21. The topological polar surface area (TPSA) is 34.9 Å². The van der Waals surface area contributed by atoms with E-state index in [1.165, 1.54) is 28.8 Å². The highest BCUT2D eigenvalue weighted by Gasteiger charge is 2.19. The average Bonchev–Trinajstić information content (AvgIpc) is 3.04. The average molecular weight is 459 g/mol. The van der Waals surface area contributed by atoms with E-state index < -0.39 is 0 Å². The maximum atomic E-state index is 13.5. The molecule has 0 aliphatic heterocycles. The van der Waals surface area contributed by atoms with Crippen LogP contribution >= 0.6 is 34.7 Å². The van der Waals surface area contributed by atoms with Gasteiger partial charge in [0.05, 0.1) is 11.1 Å². The van der Waals surface area contributed by atoms with Crippen LogP contribution in [-0.4, -0.2) is 9.55 Å². The van der Waals surface area contributed by atoms with E-state index in [1.807, 2.05) is 31.2 Å². The van der Waals surface area contributed by atoms with E-state index in [-0.39, 0.29) is 11.4 Å². The summed E-state index contributed by atoms with van der Waals surface area (Å²) in [6.45, 7) is 4.11. The molecule has 0 N–H and O–H groups in total. The van der Waals surface area contributed by atoms with Gasteiger partial charge in [0.1, 0.15) is 10.6 Å². The molecule has 2 aromatic heterocycles. The second kappa shape index (κ2) is 8.92. The number of aryl methyl sites for hydroxylation is 2. The molecule has 0 amide bonds. The Labute approximate surface area is 187 Å². The second-order valence-electron chi connectivity index (χ2n) is 7.01. The van der Waals surface area contributed by atoms with Crippen LogP contribution in [0, 0.1) is 12.7 Å². The summed E-state index contributed by atoms with van der Waals surface area (Å²) < 4.78 is 15.1. The molecule has 0 saturated carbocycles. The van der Waals surface area contributed by atoms with Crippen molar-refractivity contribution in [1.29, 1.82) is 0 Å². The first kappa shape index (κ1) is 21.1. The molecular weight excluding hydrogens is 439 g/mol. The summed E-state index contributed by atoms with van der Waals surface area (Å²) >= 11 is 9.06. The maximum absolute atomic E-state index is 13.5. The lowest BCUT2D eigenvalue weighted by molar-refractivity contribution is 0.627. The van der Waals surface area contributed by atoms with Crippen LogP contribution in [0.15, 0.2) is 58.5 Å². The number of nitrogens with zero attached hydrogens (tertiary/aromatic N) is 2. The Morgan fingerprint density at radius 1 is 1.13 bits per heavy atom. The fourth-order valence-electron chi connectivity index (χ4n) is 3.32. The number of fused-ring (bicyclic) bond motifs is 1. The molecule has 0 unspecified atom stereocenters. The Balaban J connectivity index is 1.85. The fraction of sp³-hybridized carbons (Fsp3) is 0.217. The zero-order valence-corrected chi connectivity index (χ0v) is 19.0. The standard InChI is InChI=1S/C23H20ClFN2OS2/c1-3-4-19-14(2)20-21(30-19)26-23(29-13-15-5-7-16(24)8-6-15)27(22(20)28)18-11-9-17(25)10-12-18/h5-12H,3-4,13H2,1-2H3. The third-order valence-corrected chi connectivity index (χ3v) is 7.38. The number of rotatable bonds is 6. The largest absolute Gasteiger partial charge is 0.268 e. The third kappa shape index (κ3) is 4.17. The predicted octanol–water partition coefficient (Wildman–Crippen LogP) is 6.79. The quantitative estimate of drug-likeness (QED) is 0.235. The van der Waals surface area contributed by atoms with Crippen LogP contribution in [0.4, 0.5) is 4.39 Å². The first-order chi connectivity index (χ1) is 14.5. The van der Waals surface area contributed by atoms with E-state index in [0.29, 0.717) is 27.0 Å². The van der Waals surface area contributed by atoms with Gasteiger partial charge in [0.2, 0.25) is 0 Å². The molecular formula is C23H20ClFN2OS2. The lowest BCUT2D eigenvalue weighted by Gasteiger charge is -2.12. The van der Waals surface area contributed by atoms with Gasteiger partial charge in [0.15, 0.2) is 5.16 Å². The van der Waals surface area contributed by atoms with Crippen LogP contribution in [0.5, 0.6) is 0 Å². The van der Waals surface area contributed by atoms with E-state index in [4.69, 9.17) is 16.6 Å². The first-order valence-corrected chi connectivity index (χ1v) is 11.8. The van der Waals surface area contributed by atoms with Gasteiger partial charge < -0.3 is 0 Å². The monoisotopic (exact) mass is 458 g/mol.